The molecular weight excluding hydrogens is 244 g/mol. The van der Waals surface area contributed by atoms with Gasteiger partial charge in [0, 0.05) is 24.8 Å². The molecule has 2 aromatic rings. The number of aromatic nitrogens is 3. The van der Waals surface area contributed by atoms with Crippen LogP contribution in [0.25, 0.3) is 0 Å². The molecule has 0 fully saturated rings. The molecule has 6 heteroatoms. The maximum Gasteiger partial charge on any atom is 0.163 e. The first-order chi connectivity index (χ1) is 9.15. The van der Waals surface area contributed by atoms with Gasteiger partial charge in [-0.1, -0.05) is 0 Å². The van der Waals surface area contributed by atoms with Crippen LogP contribution in [-0.4, -0.2) is 32.2 Å². The van der Waals surface area contributed by atoms with Crippen molar-refractivity contribution in [3.8, 4) is 5.75 Å². The molecule has 1 aliphatic heterocycles. The third-order valence-electron chi connectivity index (χ3n) is 3.36. The summed E-state index contributed by atoms with van der Waals surface area (Å²) in [5, 5.41) is 17.8. The first-order valence-electron chi connectivity index (χ1n) is 6.11. The Kier molecular flexibility index (Phi) is 2.70. The Bertz CT molecular complexity index is 635. The second-order valence-electron chi connectivity index (χ2n) is 4.62. The summed E-state index contributed by atoms with van der Waals surface area (Å²) >= 11 is 0. The summed E-state index contributed by atoms with van der Waals surface area (Å²) in [6.45, 7) is 3.73. The summed E-state index contributed by atoms with van der Waals surface area (Å²) in [6, 6.07) is 5.14. The van der Waals surface area contributed by atoms with Crippen molar-refractivity contribution in [1.82, 2.24) is 14.8 Å². The van der Waals surface area contributed by atoms with Gasteiger partial charge < -0.3 is 14.6 Å². The minimum atomic E-state index is -0.137. The zero-order valence-corrected chi connectivity index (χ0v) is 10.6. The number of rotatable bonds is 2. The van der Waals surface area contributed by atoms with Crippen molar-refractivity contribution in [3.05, 3.63) is 35.9 Å². The van der Waals surface area contributed by atoms with E-state index in [-0.39, 0.29) is 11.5 Å². The average Bonchev–Trinajstić information content (AvgIpc) is 2.85. The average molecular weight is 258 g/mol. The van der Waals surface area contributed by atoms with Gasteiger partial charge in [-0.3, -0.25) is 4.79 Å². The van der Waals surface area contributed by atoms with Gasteiger partial charge in [-0.25, -0.2) is 0 Å². The van der Waals surface area contributed by atoms with Crippen molar-refractivity contribution >= 4 is 11.5 Å². The number of phenols is 1. The van der Waals surface area contributed by atoms with Crippen LogP contribution in [0.2, 0.25) is 0 Å². The molecule has 6 nitrogen and oxygen atoms in total. The lowest BCUT2D eigenvalue weighted by Crippen LogP contribution is -2.33. The van der Waals surface area contributed by atoms with Gasteiger partial charge in [-0.15, -0.1) is 10.2 Å². The van der Waals surface area contributed by atoms with Gasteiger partial charge in [0.25, 0.3) is 0 Å². The number of nitrogens with zero attached hydrogens (tertiary/aromatic N) is 4. The van der Waals surface area contributed by atoms with Crippen LogP contribution < -0.4 is 4.90 Å². The van der Waals surface area contributed by atoms with E-state index >= 15 is 0 Å². The molecule has 19 heavy (non-hydrogen) atoms. The Hall–Kier alpha value is -2.37. The van der Waals surface area contributed by atoms with Gasteiger partial charge >= 0.3 is 0 Å². The summed E-state index contributed by atoms with van der Waals surface area (Å²) in [4.78, 5) is 13.4. The lowest BCUT2D eigenvalue weighted by molar-refractivity contribution is 0.101. The fourth-order valence-electron chi connectivity index (χ4n) is 2.30. The highest BCUT2D eigenvalue weighted by molar-refractivity contribution is 5.97. The van der Waals surface area contributed by atoms with E-state index in [1.54, 1.807) is 18.5 Å². The highest BCUT2D eigenvalue weighted by Crippen LogP contribution is 2.27. The Morgan fingerprint density at radius 1 is 1.37 bits per heavy atom. The third-order valence-corrected chi connectivity index (χ3v) is 3.36. The van der Waals surface area contributed by atoms with Gasteiger partial charge in [0.1, 0.15) is 12.1 Å². The fraction of sp³-hybridized carbons (Fsp3) is 0.308. The van der Waals surface area contributed by atoms with Crippen LogP contribution in [0.4, 0.5) is 5.69 Å². The zero-order valence-electron chi connectivity index (χ0n) is 10.6. The number of Topliss-reactive ketones (excluding diaryl/α,β-unsaturated/α-hetero) is 1. The minimum Gasteiger partial charge on any atom is -0.507 e. The van der Waals surface area contributed by atoms with E-state index in [9.17, 15) is 9.90 Å². The van der Waals surface area contributed by atoms with Crippen molar-refractivity contribution in [2.75, 3.05) is 11.4 Å². The second-order valence-corrected chi connectivity index (χ2v) is 4.62. The molecule has 0 spiro atoms. The molecule has 0 atom stereocenters. The predicted molar refractivity (Wildman–Crippen MR) is 69.2 cm³/mol. The summed E-state index contributed by atoms with van der Waals surface area (Å²) in [5.74, 6) is 0.792. The molecule has 2 heterocycles. The lowest BCUT2D eigenvalue weighted by atomic mass is 10.1. The van der Waals surface area contributed by atoms with Crippen molar-refractivity contribution in [1.29, 1.82) is 0 Å². The smallest absolute Gasteiger partial charge is 0.163 e. The maximum atomic E-state index is 11.3. The van der Waals surface area contributed by atoms with Crippen LogP contribution in [0.15, 0.2) is 24.5 Å². The number of benzene rings is 1. The highest BCUT2D eigenvalue weighted by atomic mass is 16.3. The van der Waals surface area contributed by atoms with Crippen molar-refractivity contribution in [3.63, 3.8) is 0 Å². The van der Waals surface area contributed by atoms with Gasteiger partial charge in [-0.2, -0.15) is 0 Å². The van der Waals surface area contributed by atoms with E-state index in [4.69, 9.17) is 0 Å². The predicted octanol–water partition coefficient (Wildman–Crippen LogP) is 1.21. The first kappa shape index (κ1) is 11.7. The first-order valence-corrected chi connectivity index (χ1v) is 6.11. The molecule has 1 N–H and O–H groups in total. The van der Waals surface area contributed by atoms with Crippen LogP contribution in [0.5, 0.6) is 5.75 Å². The number of hydrogen-bond donors (Lipinski definition) is 1. The monoisotopic (exact) mass is 258 g/mol. The number of fused-ring (bicyclic) bond motifs is 1. The van der Waals surface area contributed by atoms with Gasteiger partial charge in [-0.05, 0) is 19.1 Å². The van der Waals surface area contributed by atoms with Crippen molar-refractivity contribution in [2.45, 2.75) is 20.0 Å². The third kappa shape index (κ3) is 2.05. The molecule has 0 saturated heterocycles. The minimum absolute atomic E-state index is 0.0250. The normalized spacial score (nSPS) is 14.3. The van der Waals surface area contributed by atoms with Gasteiger partial charge in [0.05, 0.1) is 12.1 Å². The van der Waals surface area contributed by atoms with Gasteiger partial charge in [0.2, 0.25) is 0 Å². The topological polar surface area (TPSA) is 71.2 Å². The van der Waals surface area contributed by atoms with Crippen LogP contribution in [-0.2, 0) is 13.1 Å². The molecular formula is C13H14N4O2. The standard InChI is InChI=1S/C13H14N4O2/c1-9(18)11-3-2-10(6-12(11)19)16-4-5-17-8-14-15-13(17)7-16/h2-3,6,8,19H,4-5,7H2,1H3. The number of phenolic OH excluding ortho intramolecular Hbond substituents is 1. The number of ketones is 1. The molecule has 0 radical (unpaired) electrons. The van der Waals surface area contributed by atoms with E-state index in [1.165, 1.54) is 6.92 Å². The van der Waals surface area contributed by atoms with Crippen molar-refractivity contribution in [2.24, 2.45) is 0 Å². The molecule has 1 aliphatic rings. The number of carbonyl (C=O) groups is 1. The lowest BCUT2D eigenvalue weighted by Gasteiger charge is -2.29. The van der Waals surface area contributed by atoms with Gasteiger partial charge in [0.15, 0.2) is 11.6 Å². The van der Waals surface area contributed by atoms with Crippen LogP contribution in [0.1, 0.15) is 23.1 Å². The van der Waals surface area contributed by atoms with Crippen LogP contribution in [0.3, 0.4) is 0 Å². The largest absolute Gasteiger partial charge is 0.507 e. The maximum absolute atomic E-state index is 11.3. The Balaban J connectivity index is 1.88. The summed E-state index contributed by atoms with van der Waals surface area (Å²) in [7, 11) is 0. The van der Waals surface area contributed by atoms with E-state index in [0.29, 0.717) is 12.1 Å². The molecule has 0 unspecified atom stereocenters. The second kappa shape index (κ2) is 4.38. The molecule has 0 saturated carbocycles. The zero-order chi connectivity index (χ0) is 13.4. The van der Waals surface area contributed by atoms with E-state index in [2.05, 4.69) is 15.1 Å². The number of carbonyl (C=O) groups excluding carboxylic acids is 1. The number of aromatic hydroxyl groups is 1. The highest BCUT2D eigenvalue weighted by Gasteiger charge is 2.18. The van der Waals surface area contributed by atoms with Crippen LogP contribution in [0, 0.1) is 0 Å². The van der Waals surface area contributed by atoms with Crippen molar-refractivity contribution < 1.29 is 9.90 Å². The Morgan fingerprint density at radius 2 is 2.21 bits per heavy atom. The Labute approximate surface area is 110 Å². The Morgan fingerprint density at radius 3 is 2.95 bits per heavy atom. The number of hydrogen-bond acceptors (Lipinski definition) is 5. The molecule has 1 aromatic carbocycles. The fourth-order valence-corrected chi connectivity index (χ4v) is 2.30. The molecule has 0 aliphatic carbocycles. The molecule has 0 bridgehead atoms. The summed E-state index contributed by atoms with van der Waals surface area (Å²) in [5.41, 5.74) is 1.24. The molecule has 3 rings (SSSR count). The SMILES string of the molecule is CC(=O)c1ccc(N2CCn3cnnc3C2)cc1O. The summed E-state index contributed by atoms with van der Waals surface area (Å²) in [6.07, 6.45) is 1.73. The molecule has 1 aromatic heterocycles. The van der Waals surface area contributed by atoms with E-state index in [1.807, 2.05) is 10.6 Å². The van der Waals surface area contributed by atoms with E-state index < -0.39 is 0 Å². The summed E-state index contributed by atoms with van der Waals surface area (Å²) < 4.78 is 2.01. The molecule has 0 amide bonds. The number of anilines is 1. The molecule has 98 valence electrons. The van der Waals surface area contributed by atoms with E-state index in [0.717, 1.165) is 24.6 Å². The van der Waals surface area contributed by atoms with Crippen LogP contribution >= 0.6 is 0 Å². The quantitative estimate of drug-likeness (QED) is 0.820.